The number of allylic oxidation sites excluding steroid dienone is 3. The predicted molar refractivity (Wildman–Crippen MR) is 332 cm³/mol. The largest absolute Gasteiger partial charge is 0.496 e. The van der Waals surface area contributed by atoms with Crippen molar-refractivity contribution in [2.24, 2.45) is 0 Å². The highest BCUT2D eigenvalue weighted by Crippen LogP contribution is 2.62. The van der Waals surface area contributed by atoms with Crippen LogP contribution >= 0.6 is 10.5 Å². The molecule has 0 radical (unpaired) electrons. The quantitative estimate of drug-likeness (QED) is 0.0240. The number of alkyl carbamates (subject to hydrolysis) is 1. The molecule has 0 spiro atoms. The van der Waals surface area contributed by atoms with E-state index < -0.39 is 11.7 Å². The lowest BCUT2D eigenvalue weighted by atomic mass is 9.96. The summed E-state index contributed by atoms with van der Waals surface area (Å²) in [4.78, 5) is 54.5. The highest BCUT2D eigenvalue weighted by Gasteiger charge is 2.42. The lowest BCUT2D eigenvalue weighted by Gasteiger charge is -2.24. The third-order valence-corrected chi connectivity index (χ3v) is 17.6. The molecule has 4 aliphatic rings. The Balaban J connectivity index is 0.737. The van der Waals surface area contributed by atoms with Crippen LogP contribution in [0.2, 0.25) is 0 Å². The van der Waals surface area contributed by atoms with Crippen LogP contribution in [0.1, 0.15) is 172 Å². The van der Waals surface area contributed by atoms with Crippen molar-refractivity contribution in [3.63, 3.8) is 0 Å². The number of esters is 1. The second-order valence-electron chi connectivity index (χ2n) is 23.2. The number of nitrogens with one attached hydrogen (secondary N) is 2. The fourth-order valence-electron chi connectivity index (χ4n) is 10.9. The van der Waals surface area contributed by atoms with Gasteiger partial charge in [0.1, 0.15) is 23.7 Å². The molecule has 3 aromatic carbocycles. The van der Waals surface area contributed by atoms with E-state index in [2.05, 4.69) is 58.5 Å². The number of unbranched alkanes of at least 4 members (excludes halogenated alkanes) is 11. The number of carbonyl (C=O) groups is 4. The SMILES string of the molecule is COc1cc(OCCCC(=O)NCC2=CC=C(C3C4=CC=S43)CC2)ccc1CN(CCCOCCOCCOCCCNC(=O)OCC1c2ccccc2-c2ccccc21)C(=O)CCCCCCCCCCCCCCC(=O)OC(C)(C)C. The van der Waals surface area contributed by atoms with Gasteiger partial charge >= 0.3 is 12.1 Å². The van der Waals surface area contributed by atoms with Crippen molar-refractivity contribution in [1.82, 2.24) is 15.5 Å². The first-order chi connectivity index (χ1) is 40.5. The Bertz CT molecular complexity index is 2610. The molecule has 14 nitrogen and oxygen atoms in total. The number of benzene rings is 3. The van der Waals surface area contributed by atoms with E-state index in [4.69, 9.17) is 33.2 Å². The molecule has 2 aliphatic heterocycles. The van der Waals surface area contributed by atoms with E-state index in [0.717, 1.165) is 56.9 Å². The minimum Gasteiger partial charge on any atom is -0.496 e. The van der Waals surface area contributed by atoms with Gasteiger partial charge in [0.25, 0.3) is 0 Å². The molecule has 0 bridgehead atoms. The molecule has 3 aromatic rings. The van der Waals surface area contributed by atoms with Gasteiger partial charge in [0.15, 0.2) is 0 Å². The summed E-state index contributed by atoms with van der Waals surface area (Å²) in [6.45, 7) is 11.1. The predicted octanol–water partition coefficient (Wildman–Crippen LogP) is 13.5. The van der Waals surface area contributed by atoms with Crippen molar-refractivity contribution in [3.05, 3.63) is 118 Å². The Labute approximate surface area is 497 Å². The highest BCUT2D eigenvalue weighted by atomic mass is 32.2. The molecule has 2 unspecified atom stereocenters. The van der Waals surface area contributed by atoms with E-state index in [0.29, 0.717) is 138 Å². The van der Waals surface area contributed by atoms with Crippen molar-refractivity contribution in [2.45, 2.75) is 173 Å². The fraction of sp³-hybridized carbons (Fsp3) is 0.574. The van der Waals surface area contributed by atoms with Gasteiger partial charge in [-0.15, -0.1) is 10.5 Å². The lowest BCUT2D eigenvalue weighted by Crippen LogP contribution is -2.32. The lowest BCUT2D eigenvalue weighted by molar-refractivity contribution is -0.155. The van der Waals surface area contributed by atoms with Crippen molar-refractivity contribution in [3.8, 4) is 22.6 Å². The van der Waals surface area contributed by atoms with Crippen LogP contribution in [0.25, 0.3) is 11.1 Å². The number of nitrogens with zero attached hydrogens (tertiary/aromatic N) is 1. The maximum absolute atomic E-state index is 13.9. The first-order valence-corrected chi connectivity index (χ1v) is 32.4. The Morgan fingerprint density at radius 2 is 1.25 bits per heavy atom. The van der Waals surface area contributed by atoms with Gasteiger partial charge in [0, 0.05) is 76.2 Å². The second kappa shape index (κ2) is 35.5. The Morgan fingerprint density at radius 1 is 0.639 bits per heavy atom. The van der Waals surface area contributed by atoms with Gasteiger partial charge in [-0.3, -0.25) is 14.4 Å². The topological polar surface area (TPSA) is 160 Å². The normalized spacial score (nSPS) is 15.7. The van der Waals surface area contributed by atoms with Crippen LogP contribution in [0.3, 0.4) is 0 Å². The third kappa shape index (κ3) is 22.7. The maximum atomic E-state index is 13.9. The standard InChI is InChI=1S/C68H95N3O11S/c1-68(2,3)82-65(74)30-16-14-12-10-8-6-5-7-9-11-13-15-29-64(73)71(50-54-35-36-55(48-61(54)76-4)80-42-21-28-63(72)70-49-52-31-33-53(34-32-52)66-62-37-47-83(62)66)39-23-41-78-44-46-79-45-43-77-40-22-38-69-67(75)81-51-60-58-26-19-17-24-56(58)57-25-18-20-27-59(57)60/h17-20,24-27,31,33,35-37,47-48,60,66H,5-16,21-23,28-30,32,34,38-46,49-51H2,1-4H3,(H,69,75)(H,70,72). The third-order valence-electron chi connectivity index (χ3n) is 15.5. The molecule has 2 aliphatic carbocycles. The zero-order chi connectivity index (χ0) is 58.5. The number of ether oxygens (including phenoxy) is 7. The summed E-state index contributed by atoms with van der Waals surface area (Å²) in [6, 6.07) is 22.3. The van der Waals surface area contributed by atoms with Crippen LogP contribution in [0.15, 0.2) is 101 Å². The van der Waals surface area contributed by atoms with E-state index in [-0.39, 0.29) is 30.3 Å². The molecular weight excluding hydrogens is 1070 g/mol. The summed E-state index contributed by atoms with van der Waals surface area (Å²) in [6.07, 6.45) is 25.2. The fourth-order valence-corrected chi connectivity index (χ4v) is 12.9. The minimum atomic E-state index is -0.428. The Morgan fingerprint density at radius 3 is 1.86 bits per heavy atom. The van der Waals surface area contributed by atoms with Crippen LogP contribution in [-0.4, -0.2) is 125 Å². The van der Waals surface area contributed by atoms with E-state index in [9.17, 15) is 19.2 Å². The molecule has 1 fully saturated rings. The molecule has 15 heteroatoms. The molecule has 2 N–H and O–H groups in total. The minimum absolute atomic E-state index is 0.0256. The summed E-state index contributed by atoms with van der Waals surface area (Å²) in [5.41, 5.74) is 8.07. The van der Waals surface area contributed by atoms with Crippen LogP contribution in [0.5, 0.6) is 11.5 Å². The van der Waals surface area contributed by atoms with Gasteiger partial charge in [-0.2, -0.15) is 0 Å². The van der Waals surface area contributed by atoms with Crippen molar-refractivity contribution in [2.75, 3.05) is 79.6 Å². The van der Waals surface area contributed by atoms with Crippen LogP contribution < -0.4 is 20.1 Å². The van der Waals surface area contributed by atoms with Crippen LogP contribution in [-0.2, 0) is 44.6 Å². The monoisotopic (exact) mass is 1160 g/mol. The summed E-state index contributed by atoms with van der Waals surface area (Å²) in [5.74, 6) is 1.39. The van der Waals surface area contributed by atoms with Crippen LogP contribution in [0, 0.1) is 0 Å². The number of amides is 3. The molecule has 454 valence electrons. The van der Waals surface area contributed by atoms with Crippen molar-refractivity contribution >= 4 is 39.7 Å². The molecule has 2 atom stereocenters. The number of carbonyl (C=O) groups excluding carboxylic acids is 4. The number of hydrogen-bond donors (Lipinski definition) is 2. The molecular formula is C68H95N3O11S. The number of fused-ring (bicyclic) bond motifs is 4. The summed E-state index contributed by atoms with van der Waals surface area (Å²) in [7, 11) is 2.08. The Hall–Kier alpha value is -5.74. The van der Waals surface area contributed by atoms with Gasteiger partial charge in [0.2, 0.25) is 11.8 Å². The number of methoxy groups -OCH3 is 1. The molecule has 2 heterocycles. The first kappa shape index (κ1) is 64.8. The zero-order valence-corrected chi connectivity index (χ0v) is 51.1. The molecule has 1 saturated heterocycles. The molecule has 0 aromatic heterocycles. The van der Waals surface area contributed by atoms with E-state index in [1.807, 2.05) is 68.1 Å². The molecule has 83 heavy (non-hydrogen) atoms. The zero-order valence-electron chi connectivity index (χ0n) is 50.3. The average Bonchev–Trinajstić information content (AvgIpc) is 2.01. The smallest absolute Gasteiger partial charge is 0.407 e. The summed E-state index contributed by atoms with van der Waals surface area (Å²) >= 11 is 0. The first-order valence-electron chi connectivity index (χ1n) is 31.0. The van der Waals surface area contributed by atoms with Crippen molar-refractivity contribution < 1.29 is 52.3 Å². The van der Waals surface area contributed by atoms with Gasteiger partial charge in [-0.1, -0.05) is 136 Å². The molecule has 0 saturated carbocycles. The summed E-state index contributed by atoms with van der Waals surface area (Å²) < 4.78 is 40.3. The molecule has 3 amide bonds. The van der Waals surface area contributed by atoms with E-state index in [1.54, 1.807) is 17.6 Å². The Kier molecular flexibility index (Phi) is 27.7. The van der Waals surface area contributed by atoms with E-state index in [1.165, 1.54) is 66.4 Å². The summed E-state index contributed by atoms with van der Waals surface area (Å²) in [5, 5.41) is 8.94. The van der Waals surface area contributed by atoms with Gasteiger partial charge < -0.3 is 48.7 Å². The number of hydrogen-bond acceptors (Lipinski definition) is 11. The van der Waals surface area contributed by atoms with Crippen molar-refractivity contribution in [1.29, 1.82) is 0 Å². The average molecular weight is 1160 g/mol. The second-order valence-corrected chi connectivity index (χ2v) is 25.1. The molecule has 7 rings (SSSR count). The van der Waals surface area contributed by atoms with Gasteiger partial charge in [-0.05, 0) is 116 Å². The number of rotatable bonds is 42. The highest BCUT2D eigenvalue weighted by molar-refractivity contribution is 8.28. The van der Waals surface area contributed by atoms with Gasteiger partial charge in [0.05, 0.1) is 45.4 Å². The van der Waals surface area contributed by atoms with E-state index >= 15 is 0 Å². The maximum Gasteiger partial charge on any atom is 0.407 e. The van der Waals surface area contributed by atoms with Gasteiger partial charge in [-0.25, -0.2) is 4.79 Å². The van der Waals surface area contributed by atoms with Crippen LogP contribution in [0.4, 0.5) is 4.79 Å².